The monoisotopic (exact) mass is 348 g/mol. The molecule has 1 atom stereocenters. The molecule has 1 N–H and O–H groups in total. The summed E-state index contributed by atoms with van der Waals surface area (Å²) < 4.78 is 0. The van der Waals surface area contributed by atoms with E-state index in [0.717, 1.165) is 43.2 Å². The van der Waals surface area contributed by atoms with Crippen LogP contribution in [0.5, 0.6) is 0 Å². The van der Waals surface area contributed by atoms with Gasteiger partial charge in [-0.15, -0.1) is 0 Å². The summed E-state index contributed by atoms with van der Waals surface area (Å²) in [6.07, 6.45) is 1.15. The molecule has 2 aromatic carbocycles. The topological polar surface area (TPSA) is 15.3 Å². The predicted octanol–water partition coefficient (Wildman–Crippen LogP) is 4.69. The third-order valence-electron chi connectivity index (χ3n) is 4.39. The van der Waals surface area contributed by atoms with Gasteiger partial charge in [-0.3, -0.25) is 4.90 Å². The summed E-state index contributed by atoms with van der Waals surface area (Å²) in [6.45, 7) is 6.27. The third-order valence-corrected chi connectivity index (χ3v) is 4.95. The van der Waals surface area contributed by atoms with Crippen LogP contribution < -0.4 is 5.32 Å². The van der Waals surface area contributed by atoms with Crippen molar-refractivity contribution >= 4 is 23.2 Å². The molecule has 2 nitrogen and oxygen atoms in total. The molecule has 1 saturated heterocycles. The number of benzene rings is 2. The molecular weight excluding hydrogens is 327 g/mol. The predicted molar refractivity (Wildman–Crippen MR) is 98.5 cm³/mol. The fourth-order valence-corrected chi connectivity index (χ4v) is 3.70. The van der Waals surface area contributed by atoms with Crippen molar-refractivity contribution < 1.29 is 0 Å². The molecule has 122 valence electrons. The molecule has 1 fully saturated rings. The second-order valence-electron chi connectivity index (χ2n) is 6.12. The maximum atomic E-state index is 6.54. The molecule has 1 unspecified atom stereocenters. The first kappa shape index (κ1) is 16.8. The molecule has 1 aliphatic heterocycles. The van der Waals surface area contributed by atoms with Crippen LogP contribution >= 0.6 is 23.2 Å². The maximum Gasteiger partial charge on any atom is 0.0616 e. The normalized spacial score (nSPS) is 17.7. The Hall–Kier alpha value is -1.06. The van der Waals surface area contributed by atoms with Crippen molar-refractivity contribution in [2.24, 2.45) is 0 Å². The minimum Gasteiger partial charge on any atom is -0.315 e. The molecule has 2 aromatic rings. The number of nitrogens with one attached hydrogen (secondary N) is 1. The SMILES string of the molecule is Cc1ccc(C(c2ccc(Cl)cc2Cl)N2CCCNCC2)cc1. The number of hydrogen-bond donors (Lipinski definition) is 1. The summed E-state index contributed by atoms with van der Waals surface area (Å²) in [4.78, 5) is 2.51. The molecule has 0 aromatic heterocycles. The molecule has 23 heavy (non-hydrogen) atoms. The van der Waals surface area contributed by atoms with Gasteiger partial charge >= 0.3 is 0 Å². The summed E-state index contributed by atoms with van der Waals surface area (Å²) in [5.41, 5.74) is 3.68. The van der Waals surface area contributed by atoms with Gasteiger partial charge in [0.25, 0.3) is 0 Å². The van der Waals surface area contributed by atoms with Crippen LogP contribution in [0.2, 0.25) is 10.0 Å². The fraction of sp³-hybridized carbons (Fsp3) is 0.368. The Labute approximate surface area is 148 Å². The van der Waals surface area contributed by atoms with Gasteiger partial charge in [0.2, 0.25) is 0 Å². The zero-order valence-electron chi connectivity index (χ0n) is 13.4. The van der Waals surface area contributed by atoms with Crippen LogP contribution in [0.25, 0.3) is 0 Å². The van der Waals surface area contributed by atoms with Crippen LogP contribution in [0, 0.1) is 6.92 Å². The molecule has 0 bridgehead atoms. The average molecular weight is 349 g/mol. The van der Waals surface area contributed by atoms with Gasteiger partial charge in [-0.1, -0.05) is 59.1 Å². The second kappa shape index (κ2) is 7.67. The molecule has 4 heteroatoms. The van der Waals surface area contributed by atoms with Crippen LogP contribution in [0.4, 0.5) is 0 Å². The van der Waals surface area contributed by atoms with Crippen molar-refractivity contribution in [3.63, 3.8) is 0 Å². The summed E-state index contributed by atoms with van der Waals surface area (Å²) in [6, 6.07) is 14.8. The Bertz CT molecular complexity index is 647. The van der Waals surface area contributed by atoms with Crippen LogP contribution in [0.15, 0.2) is 42.5 Å². The molecule has 0 radical (unpaired) electrons. The van der Waals surface area contributed by atoms with Crippen LogP contribution in [-0.2, 0) is 0 Å². The highest BCUT2D eigenvalue weighted by Crippen LogP contribution is 2.35. The van der Waals surface area contributed by atoms with Crippen LogP contribution in [0.1, 0.15) is 29.2 Å². The van der Waals surface area contributed by atoms with E-state index in [1.807, 2.05) is 12.1 Å². The van der Waals surface area contributed by atoms with Gasteiger partial charge in [-0.05, 0) is 43.1 Å². The Morgan fingerprint density at radius 1 is 1.00 bits per heavy atom. The lowest BCUT2D eigenvalue weighted by molar-refractivity contribution is 0.241. The van der Waals surface area contributed by atoms with Gasteiger partial charge in [0.1, 0.15) is 0 Å². The van der Waals surface area contributed by atoms with E-state index in [4.69, 9.17) is 23.2 Å². The Morgan fingerprint density at radius 3 is 2.52 bits per heavy atom. The van der Waals surface area contributed by atoms with Crippen molar-refractivity contribution in [1.29, 1.82) is 0 Å². The van der Waals surface area contributed by atoms with E-state index in [-0.39, 0.29) is 6.04 Å². The molecule has 0 aliphatic carbocycles. The fourth-order valence-electron chi connectivity index (χ4n) is 3.18. The van der Waals surface area contributed by atoms with Gasteiger partial charge in [0.15, 0.2) is 0 Å². The molecule has 1 aliphatic rings. The molecule has 0 spiro atoms. The first-order chi connectivity index (χ1) is 11.1. The zero-order valence-corrected chi connectivity index (χ0v) is 14.9. The van der Waals surface area contributed by atoms with Crippen LogP contribution in [0.3, 0.4) is 0 Å². The van der Waals surface area contributed by atoms with E-state index < -0.39 is 0 Å². The van der Waals surface area contributed by atoms with E-state index in [0.29, 0.717) is 5.02 Å². The number of aryl methyl sites for hydroxylation is 1. The van der Waals surface area contributed by atoms with E-state index in [1.54, 1.807) is 0 Å². The number of hydrogen-bond acceptors (Lipinski definition) is 2. The molecular formula is C19H22Cl2N2. The van der Waals surface area contributed by atoms with Crippen molar-refractivity contribution in [2.75, 3.05) is 26.2 Å². The highest BCUT2D eigenvalue weighted by Gasteiger charge is 2.25. The van der Waals surface area contributed by atoms with E-state index in [1.165, 1.54) is 11.1 Å². The van der Waals surface area contributed by atoms with Crippen molar-refractivity contribution in [2.45, 2.75) is 19.4 Å². The Morgan fingerprint density at radius 2 is 1.78 bits per heavy atom. The third kappa shape index (κ3) is 4.07. The van der Waals surface area contributed by atoms with Gasteiger partial charge in [0, 0.05) is 29.7 Å². The minimum atomic E-state index is 0.167. The summed E-state index contributed by atoms with van der Waals surface area (Å²) in [5, 5.41) is 4.89. The number of nitrogens with zero attached hydrogens (tertiary/aromatic N) is 1. The number of rotatable bonds is 3. The first-order valence-electron chi connectivity index (χ1n) is 8.11. The summed E-state index contributed by atoms with van der Waals surface area (Å²) in [5.74, 6) is 0. The van der Waals surface area contributed by atoms with Crippen molar-refractivity contribution in [1.82, 2.24) is 10.2 Å². The van der Waals surface area contributed by atoms with Gasteiger partial charge in [0.05, 0.1) is 6.04 Å². The largest absolute Gasteiger partial charge is 0.315 e. The van der Waals surface area contributed by atoms with Gasteiger partial charge in [-0.2, -0.15) is 0 Å². The zero-order chi connectivity index (χ0) is 16.2. The second-order valence-corrected chi connectivity index (χ2v) is 6.96. The van der Waals surface area contributed by atoms with E-state index >= 15 is 0 Å². The first-order valence-corrected chi connectivity index (χ1v) is 8.87. The molecule has 0 amide bonds. The molecule has 0 saturated carbocycles. The Balaban J connectivity index is 2.03. The minimum absolute atomic E-state index is 0.167. The van der Waals surface area contributed by atoms with Crippen LogP contribution in [-0.4, -0.2) is 31.1 Å². The molecule has 3 rings (SSSR count). The highest BCUT2D eigenvalue weighted by molar-refractivity contribution is 6.35. The smallest absolute Gasteiger partial charge is 0.0616 e. The highest BCUT2D eigenvalue weighted by atomic mass is 35.5. The van der Waals surface area contributed by atoms with E-state index in [9.17, 15) is 0 Å². The van der Waals surface area contributed by atoms with Crippen molar-refractivity contribution in [3.8, 4) is 0 Å². The molecule has 1 heterocycles. The van der Waals surface area contributed by atoms with Crippen molar-refractivity contribution in [3.05, 3.63) is 69.2 Å². The summed E-state index contributed by atoms with van der Waals surface area (Å²) >= 11 is 12.6. The lowest BCUT2D eigenvalue weighted by Gasteiger charge is -2.32. The Kier molecular flexibility index (Phi) is 5.60. The quantitative estimate of drug-likeness (QED) is 0.865. The average Bonchev–Trinajstić information content (AvgIpc) is 2.81. The standard InChI is InChI=1S/C19H22Cl2N2/c1-14-3-5-15(6-4-14)19(23-11-2-9-22-10-12-23)17-8-7-16(20)13-18(17)21/h3-8,13,19,22H,2,9-12H2,1H3. The van der Waals surface area contributed by atoms with Gasteiger partial charge in [-0.25, -0.2) is 0 Å². The lowest BCUT2D eigenvalue weighted by atomic mass is 9.96. The van der Waals surface area contributed by atoms with E-state index in [2.05, 4.69) is 47.5 Å². The van der Waals surface area contributed by atoms with Gasteiger partial charge < -0.3 is 5.32 Å². The number of halogens is 2. The lowest BCUT2D eigenvalue weighted by Crippen LogP contribution is -2.33. The maximum absolute atomic E-state index is 6.54. The summed E-state index contributed by atoms with van der Waals surface area (Å²) in [7, 11) is 0.